The highest BCUT2D eigenvalue weighted by molar-refractivity contribution is 7.47. The predicted octanol–water partition coefficient (Wildman–Crippen LogP) is 22.0. The van der Waals surface area contributed by atoms with E-state index in [-0.39, 0.29) is 25.7 Å². The third-order valence-electron chi connectivity index (χ3n) is 17.6. The number of aliphatic hydroxyl groups excluding tert-OH is 1. The van der Waals surface area contributed by atoms with Crippen molar-refractivity contribution < 1.29 is 80.2 Å². The van der Waals surface area contributed by atoms with E-state index < -0.39 is 97.5 Å². The minimum absolute atomic E-state index is 0.103. The van der Waals surface area contributed by atoms with Gasteiger partial charge >= 0.3 is 39.5 Å². The maximum atomic E-state index is 13.1. The fourth-order valence-corrected chi connectivity index (χ4v) is 13.1. The number of hydrogen-bond donors (Lipinski definition) is 3. The van der Waals surface area contributed by atoms with E-state index in [0.717, 1.165) is 108 Å². The van der Waals surface area contributed by atoms with E-state index in [1.165, 1.54) is 186 Å². The molecule has 0 aliphatic rings. The molecule has 95 heavy (non-hydrogen) atoms. The first-order chi connectivity index (χ1) is 45.6. The Morgan fingerprint density at radius 2 is 0.442 bits per heavy atom. The third kappa shape index (κ3) is 70.3. The average molecular weight is 1400 g/mol. The number of ether oxygens (including phenoxy) is 4. The normalized spacial score (nSPS) is 14.1. The zero-order chi connectivity index (χ0) is 70.3. The van der Waals surface area contributed by atoms with E-state index in [1.807, 2.05) is 0 Å². The highest BCUT2D eigenvalue weighted by atomic mass is 31.2. The van der Waals surface area contributed by atoms with Crippen molar-refractivity contribution in [2.75, 3.05) is 39.6 Å². The Morgan fingerprint density at radius 1 is 0.263 bits per heavy atom. The number of aliphatic hydroxyl groups is 1. The van der Waals surface area contributed by atoms with Gasteiger partial charge < -0.3 is 33.8 Å². The van der Waals surface area contributed by atoms with E-state index in [2.05, 4.69) is 55.4 Å². The van der Waals surface area contributed by atoms with E-state index in [1.54, 1.807) is 0 Å². The Balaban J connectivity index is 5.15. The smallest absolute Gasteiger partial charge is 0.462 e. The van der Waals surface area contributed by atoms with Gasteiger partial charge in [0.15, 0.2) is 12.2 Å². The molecule has 0 aliphatic heterocycles. The summed E-state index contributed by atoms with van der Waals surface area (Å²) in [6, 6.07) is 0. The molecule has 3 N–H and O–H groups in total. The predicted molar refractivity (Wildman–Crippen MR) is 386 cm³/mol. The Bertz CT molecular complexity index is 1870. The second-order valence-electron chi connectivity index (χ2n) is 29.3. The molecule has 0 amide bonds. The molecule has 0 spiro atoms. The van der Waals surface area contributed by atoms with E-state index in [0.29, 0.717) is 31.6 Å². The van der Waals surface area contributed by atoms with E-state index >= 15 is 0 Å². The van der Waals surface area contributed by atoms with Crippen molar-refractivity contribution in [2.45, 2.75) is 401 Å². The van der Waals surface area contributed by atoms with Crippen LogP contribution in [0.5, 0.6) is 0 Å². The number of rotatable bonds is 73. The standard InChI is InChI=1S/C76H148O17P2/c1-66(2)52-44-36-28-21-17-15-13-11-9-10-12-14-16-18-23-32-40-48-56-73(78)86-63-72(93-76(81)59-51-43-35-27-31-39-47-55-69(7)8)65-91-95(84,85)89-61-70(77)60-88-94(82,83)90-64-71(62-87-74(79)57-49-41-33-26-25-30-38-46-54-68(5)6)92-75(80)58-50-42-34-24-20-19-22-29-37-45-53-67(3)4/h66-72,77H,9-65H2,1-8H3,(H,82,83)(H,84,85)/t70?,71-,72-/m1/s1. The van der Waals surface area contributed by atoms with Gasteiger partial charge in [0, 0.05) is 25.7 Å². The molecule has 0 saturated heterocycles. The van der Waals surface area contributed by atoms with Gasteiger partial charge in [-0.2, -0.15) is 0 Å². The van der Waals surface area contributed by atoms with Crippen LogP contribution >= 0.6 is 15.6 Å². The van der Waals surface area contributed by atoms with Crippen LogP contribution in [0.2, 0.25) is 0 Å². The van der Waals surface area contributed by atoms with Gasteiger partial charge in [-0.3, -0.25) is 37.3 Å². The summed E-state index contributed by atoms with van der Waals surface area (Å²) < 4.78 is 68.4. The van der Waals surface area contributed by atoms with Gasteiger partial charge in [-0.15, -0.1) is 0 Å². The average Bonchev–Trinajstić information content (AvgIpc) is 1.30. The summed E-state index contributed by atoms with van der Waals surface area (Å²) in [4.78, 5) is 72.7. The first-order valence-electron chi connectivity index (χ1n) is 39.2. The van der Waals surface area contributed by atoms with Gasteiger partial charge in [0.1, 0.15) is 19.3 Å². The van der Waals surface area contributed by atoms with Crippen LogP contribution in [-0.4, -0.2) is 96.7 Å². The Morgan fingerprint density at radius 3 is 0.653 bits per heavy atom. The number of carbonyl (C=O) groups is 4. The van der Waals surface area contributed by atoms with Crippen molar-refractivity contribution in [3.05, 3.63) is 0 Å². The monoisotopic (exact) mass is 1400 g/mol. The lowest BCUT2D eigenvalue weighted by molar-refractivity contribution is -0.161. The van der Waals surface area contributed by atoms with E-state index in [4.69, 9.17) is 37.0 Å². The van der Waals surface area contributed by atoms with Crippen LogP contribution in [0.3, 0.4) is 0 Å². The molecular weight excluding hydrogens is 1250 g/mol. The molecular formula is C76H148O17P2. The third-order valence-corrected chi connectivity index (χ3v) is 19.5. The molecule has 0 aromatic rings. The summed E-state index contributed by atoms with van der Waals surface area (Å²) in [5.41, 5.74) is 0. The molecule has 0 aromatic carbocycles. The second kappa shape index (κ2) is 65.4. The molecule has 19 heteroatoms. The van der Waals surface area contributed by atoms with Crippen LogP contribution in [0.15, 0.2) is 0 Å². The maximum Gasteiger partial charge on any atom is 0.472 e. The quantitative estimate of drug-likeness (QED) is 0.0222. The summed E-state index contributed by atoms with van der Waals surface area (Å²) in [6.07, 6.45) is 50.3. The molecule has 0 bridgehead atoms. The highest BCUT2D eigenvalue weighted by Gasteiger charge is 2.30. The molecule has 0 saturated carbocycles. The van der Waals surface area contributed by atoms with Gasteiger partial charge in [-0.25, -0.2) is 9.13 Å². The Kier molecular flexibility index (Phi) is 64.0. The van der Waals surface area contributed by atoms with Crippen molar-refractivity contribution in [1.29, 1.82) is 0 Å². The number of esters is 4. The van der Waals surface area contributed by atoms with Crippen molar-refractivity contribution in [2.24, 2.45) is 23.7 Å². The summed E-state index contributed by atoms with van der Waals surface area (Å²) in [5.74, 6) is 0.872. The lowest BCUT2D eigenvalue weighted by atomic mass is 10.0. The SMILES string of the molecule is CC(C)CCCCCCCCCCCCCCCCCCCCC(=O)OC[C@H](COP(=O)(O)OCC(O)COP(=O)(O)OC[C@@H](COC(=O)CCCCCCCCCCC(C)C)OC(=O)CCCCCCCCCCCCC(C)C)OC(=O)CCCCCCCCCC(C)C. The van der Waals surface area contributed by atoms with E-state index in [9.17, 15) is 43.2 Å². The van der Waals surface area contributed by atoms with Crippen LogP contribution in [0, 0.1) is 23.7 Å². The molecule has 0 fully saturated rings. The van der Waals surface area contributed by atoms with Gasteiger partial charge in [-0.05, 0) is 49.4 Å². The molecule has 5 atom stereocenters. The molecule has 0 rings (SSSR count). The second-order valence-corrected chi connectivity index (χ2v) is 32.2. The number of hydrogen-bond acceptors (Lipinski definition) is 15. The summed E-state index contributed by atoms with van der Waals surface area (Å²) >= 11 is 0. The molecule has 3 unspecified atom stereocenters. The van der Waals surface area contributed by atoms with Gasteiger partial charge in [-0.1, -0.05) is 331 Å². The minimum atomic E-state index is -4.96. The van der Waals surface area contributed by atoms with Gasteiger partial charge in [0.25, 0.3) is 0 Å². The summed E-state index contributed by atoms with van der Waals surface area (Å²) in [6.45, 7) is 14.1. The van der Waals surface area contributed by atoms with Crippen LogP contribution in [-0.2, 0) is 65.4 Å². The van der Waals surface area contributed by atoms with Crippen LogP contribution in [0.4, 0.5) is 0 Å². The zero-order valence-corrected chi connectivity index (χ0v) is 64.1. The van der Waals surface area contributed by atoms with Gasteiger partial charge in [0.05, 0.1) is 26.4 Å². The number of unbranched alkanes of at least 4 members (excludes halogenated alkanes) is 39. The lowest BCUT2D eigenvalue weighted by Gasteiger charge is -2.21. The number of carbonyl (C=O) groups excluding carboxylic acids is 4. The minimum Gasteiger partial charge on any atom is -0.462 e. The lowest BCUT2D eigenvalue weighted by Crippen LogP contribution is -2.30. The summed E-state index contributed by atoms with van der Waals surface area (Å²) in [5, 5.41) is 10.6. The fraction of sp³-hybridized carbons (Fsp3) is 0.947. The molecule has 0 heterocycles. The fourth-order valence-electron chi connectivity index (χ4n) is 11.6. The van der Waals surface area contributed by atoms with Gasteiger partial charge in [0.2, 0.25) is 0 Å². The first-order valence-corrected chi connectivity index (χ1v) is 42.2. The van der Waals surface area contributed by atoms with Crippen LogP contribution in [0.25, 0.3) is 0 Å². The number of phosphoric ester groups is 2. The Labute approximate surface area is 581 Å². The van der Waals surface area contributed by atoms with Crippen molar-refractivity contribution in [3.8, 4) is 0 Å². The van der Waals surface area contributed by atoms with Crippen molar-refractivity contribution in [1.82, 2.24) is 0 Å². The molecule has 564 valence electrons. The number of phosphoric acid groups is 2. The molecule has 0 aliphatic carbocycles. The van der Waals surface area contributed by atoms with Crippen molar-refractivity contribution >= 4 is 39.5 Å². The molecule has 17 nitrogen and oxygen atoms in total. The first kappa shape index (κ1) is 93.1. The maximum absolute atomic E-state index is 13.1. The van der Waals surface area contributed by atoms with Crippen LogP contribution < -0.4 is 0 Å². The molecule has 0 radical (unpaired) electrons. The zero-order valence-electron chi connectivity index (χ0n) is 62.3. The van der Waals surface area contributed by atoms with Crippen LogP contribution in [0.1, 0.15) is 383 Å². The highest BCUT2D eigenvalue weighted by Crippen LogP contribution is 2.45. The largest absolute Gasteiger partial charge is 0.472 e. The van der Waals surface area contributed by atoms with Crippen molar-refractivity contribution in [3.63, 3.8) is 0 Å². The summed E-state index contributed by atoms with van der Waals surface area (Å²) in [7, 11) is -9.91. The topological polar surface area (TPSA) is 237 Å². The molecule has 0 aromatic heterocycles. The Hall–Kier alpha value is -1.94.